The molecule has 0 aliphatic rings. The van der Waals surface area contributed by atoms with Crippen LogP contribution < -0.4 is 0 Å². The molecule has 0 aliphatic heterocycles. The molecule has 6 nitrogen and oxygen atoms in total. The predicted octanol–water partition coefficient (Wildman–Crippen LogP) is 3.51. The number of nitro groups is 1. The summed E-state index contributed by atoms with van der Waals surface area (Å²) in [5.41, 5.74) is 1.30. The molecule has 0 unspecified atom stereocenters. The Morgan fingerprint density at radius 3 is 2.81 bits per heavy atom. The lowest BCUT2D eigenvalue weighted by Crippen LogP contribution is -1.98. The van der Waals surface area contributed by atoms with Gasteiger partial charge in [-0.3, -0.25) is 10.1 Å². The molecule has 2 aromatic carbocycles. The molecule has 8 heteroatoms. The average Bonchev–Trinajstić information content (AvgIpc) is 2.90. The van der Waals surface area contributed by atoms with Crippen LogP contribution in [0.4, 0.5) is 10.1 Å². The Bertz CT molecular complexity index is 850. The lowest BCUT2D eigenvalue weighted by molar-refractivity contribution is -0.383. The van der Waals surface area contributed by atoms with E-state index in [2.05, 4.69) is 14.9 Å². The summed E-state index contributed by atoms with van der Waals surface area (Å²) in [4.78, 5) is 10.7. The number of halogens is 2. The van der Waals surface area contributed by atoms with Gasteiger partial charge in [-0.05, 0) is 40.1 Å². The van der Waals surface area contributed by atoms with Gasteiger partial charge in [0.15, 0.2) is 0 Å². The van der Waals surface area contributed by atoms with Crippen molar-refractivity contribution < 1.29 is 13.9 Å². The van der Waals surface area contributed by atoms with E-state index < -0.39 is 10.7 Å². The number of nitro benzene ring substituents is 1. The predicted molar refractivity (Wildman–Crippen MR) is 72.7 cm³/mol. The van der Waals surface area contributed by atoms with Crippen LogP contribution in [0.25, 0.3) is 11.0 Å². The molecule has 0 bridgehead atoms. The maximum absolute atomic E-state index is 13.1. The first-order valence-electron chi connectivity index (χ1n) is 5.88. The number of aromatic nitrogens is 2. The zero-order valence-corrected chi connectivity index (χ0v) is 11.2. The fourth-order valence-corrected chi connectivity index (χ4v) is 2.30. The van der Waals surface area contributed by atoms with Gasteiger partial charge in [0.2, 0.25) is 5.52 Å². The summed E-state index contributed by atoms with van der Waals surface area (Å²) < 4.78 is 17.7. The lowest BCUT2D eigenvalue weighted by atomic mass is 10.0. The van der Waals surface area contributed by atoms with Crippen molar-refractivity contribution in [1.82, 2.24) is 10.3 Å². The number of nitrogens with zero attached hydrogens (tertiary/aromatic N) is 3. The average molecular weight is 308 g/mol. The summed E-state index contributed by atoms with van der Waals surface area (Å²) in [5.74, 6) is -0.536. The molecule has 0 atom stereocenters. The van der Waals surface area contributed by atoms with Crippen molar-refractivity contribution in [1.29, 1.82) is 0 Å². The van der Waals surface area contributed by atoms with Crippen molar-refractivity contribution in [2.24, 2.45) is 0 Å². The van der Waals surface area contributed by atoms with Crippen LogP contribution in [0.1, 0.15) is 11.1 Å². The summed E-state index contributed by atoms with van der Waals surface area (Å²) in [5, 5.41) is 18.4. The quantitative estimate of drug-likeness (QED) is 0.546. The number of benzene rings is 2. The molecular weight excluding hydrogens is 301 g/mol. The maximum atomic E-state index is 13.1. The Hall–Kier alpha value is -2.54. The van der Waals surface area contributed by atoms with Crippen molar-refractivity contribution in [3.05, 3.63) is 62.4 Å². The van der Waals surface area contributed by atoms with Gasteiger partial charge < -0.3 is 0 Å². The number of rotatable bonds is 3. The highest BCUT2D eigenvalue weighted by Crippen LogP contribution is 2.29. The minimum absolute atomic E-state index is 0.0284. The van der Waals surface area contributed by atoms with E-state index in [1.807, 2.05) is 0 Å². The molecule has 21 heavy (non-hydrogen) atoms. The fourth-order valence-electron chi connectivity index (χ4n) is 2.10. The number of fused-ring (bicyclic) bond motifs is 1. The van der Waals surface area contributed by atoms with Gasteiger partial charge in [-0.2, -0.15) is 0 Å². The summed E-state index contributed by atoms with van der Waals surface area (Å²) in [6.45, 7) is 0. The van der Waals surface area contributed by atoms with Crippen molar-refractivity contribution in [2.75, 3.05) is 0 Å². The third kappa shape index (κ3) is 2.43. The fraction of sp³-hybridized carbons (Fsp3) is 0.0769. The Morgan fingerprint density at radius 2 is 2.10 bits per heavy atom. The Labute approximate surface area is 122 Å². The molecule has 1 aromatic heterocycles. The summed E-state index contributed by atoms with van der Waals surface area (Å²) in [7, 11) is 0. The number of hydrogen-bond acceptors (Lipinski definition) is 5. The van der Waals surface area contributed by atoms with E-state index in [1.165, 1.54) is 18.2 Å². The van der Waals surface area contributed by atoms with E-state index >= 15 is 0 Å². The Balaban J connectivity index is 2.09. The molecule has 0 radical (unpaired) electrons. The zero-order chi connectivity index (χ0) is 15.0. The maximum Gasteiger partial charge on any atom is 0.304 e. The van der Waals surface area contributed by atoms with Crippen molar-refractivity contribution in [2.45, 2.75) is 6.42 Å². The first-order chi connectivity index (χ1) is 10.1. The van der Waals surface area contributed by atoms with Gasteiger partial charge in [0.1, 0.15) is 11.3 Å². The van der Waals surface area contributed by atoms with E-state index in [0.29, 0.717) is 16.6 Å². The topological polar surface area (TPSA) is 82.1 Å². The summed E-state index contributed by atoms with van der Waals surface area (Å²) in [6, 6.07) is 7.34. The Morgan fingerprint density at radius 1 is 1.29 bits per heavy atom. The lowest BCUT2D eigenvalue weighted by Gasteiger charge is -2.04. The van der Waals surface area contributed by atoms with Gasteiger partial charge in [0.05, 0.1) is 9.95 Å². The van der Waals surface area contributed by atoms with Crippen LogP contribution in [-0.2, 0) is 6.42 Å². The molecule has 1 heterocycles. The van der Waals surface area contributed by atoms with Crippen LogP contribution in [0.5, 0.6) is 0 Å². The monoisotopic (exact) mass is 307 g/mol. The first-order valence-corrected chi connectivity index (χ1v) is 6.26. The molecule has 106 valence electrons. The summed E-state index contributed by atoms with van der Waals surface area (Å²) >= 11 is 5.71. The van der Waals surface area contributed by atoms with Crippen LogP contribution in [0.3, 0.4) is 0 Å². The Kier molecular flexibility index (Phi) is 3.26. The molecule has 3 rings (SSSR count). The van der Waals surface area contributed by atoms with Crippen LogP contribution in [0, 0.1) is 15.9 Å². The molecular formula is C13H7ClFN3O3. The third-order valence-corrected chi connectivity index (χ3v) is 3.34. The second-order valence-electron chi connectivity index (χ2n) is 4.39. The third-order valence-electron chi connectivity index (χ3n) is 3.05. The van der Waals surface area contributed by atoms with Gasteiger partial charge in [0, 0.05) is 12.0 Å². The molecule has 0 saturated heterocycles. The van der Waals surface area contributed by atoms with Crippen molar-refractivity contribution in [3.8, 4) is 0 Å². The van der Waals surface area contributed by atoms with E-state index in [-0.39, 0.29) is 22.6 Å². The van der Waals surface area contributed by atoms with E-state index in [1.54, 1.807) is 12.1 Å². The molecule has 0 amide bonds. The zero-order valence-electron chi connectivity index (χ0n) is 10.4. The van der Waals surface area contributed by atoms with Crippen molar-refractivity contribution >= 4 is 28.3 Å². The van der Waals surface area contributed by atoms with Crippen LogP contribution in [0.15, 0.2) is 35.0 Å². The highest BCUT2D eigenvalue weighted by Gasteiger charge is 2.22. The van der Waals surface area contributed by atoms with E-state index in [0.717, 1.165) is 0 Å². The highest BCUT2D eigenvalue weighted by molar-refractivity contribution is 6.30. The SMILES string of the molecule is O=[N+]([O-])c1c(Cc2ccc(F)c(Cl)c2)ccc2nonc12. The highest BCUT2D eigenvalue weighted by atomic mass is 35.5. The van der Waals surface area contributed by atoms with Gasteiger partial charge in [-0.15, -0.1) is 0 Å². The van der Waals surface area contributed by atoms with Crippen LogP contribution >= 0.6 is 11.6 Å². The van der Waals surface area contributed by atoms with Gasteiger partial charge in [-0.1, -0.05) is 17.7 Å². The summed E-state index contributed by atoms with van der Waals surface area (Å²) in [6.07, 6.45) is 0.221. The smallest absolute Gasteiger partial charge is 0.258 e. The normalized spacial score (nSPS) is 11.0. The van der Waals surface area contributed by atoms with Gasteiger partial charge in [-0.25, -0.2) is 9.02 Å². The second-order valence-corrected chi connectivity index (χ2v) is 4.79. The van der Waals surface area contributed by atoms with Crippen LogP contribution in [0.2, 0.25) is 5.02 Å². The molecule has 3 aromatic rings. The molecule has 0 N–H and O–H groups in total. The molecule has 0 aliphatic carbocycles. The molecule has 0 spiro atoms. The van der Waals surface area contributed by atoms with E-state index in [9.17, 15) is 14.5 Å². The first kappa shape index (κ1) is 13.4. The van der Waals surface area contributed by atoms with Crippen LogP contribution in [-0.4, -0.2) is 15.2 Å². The van der Waals surface area contributed by atoms with Gasteiger partial charge >= 0.3 is 5.69 Å². The minimum Gasteiger partial charge on any atom is -0.258 e. The molecule has 0 fully saturated rings. The number of hydrogen-bond donors (Lipinski definition) is 0. The minimum atomic E-state index is -0.536. The van der Waals surface area contributed by atoms with Crippen molar-refractivity contribution in [3.63, 3.8) is 0 Å². The van der Waals surface area contributed by atoms with E-state index in [4.69, 9.17) is 11.6 Å². The van der Waals surface area contributed by atoms with Gasteiger partial charge in [0.25, 0.3) is 0 Å². The second kappa shape index (κ2) is 5.10. The largest absolute Gasteiger partial charge is 0.304 e. The standard InChI is InChI=1S/C13H7ClFN3O3/c14-9-6-7(1-3-10(9)15)5-8-2-4-11-12(17-21-16-11)13(8)18(19)20/h1-4,6H,5H2. The molecule has 0 saturated carbocycles.